The van der Waals surface area contributed by atoms with Crippen molar-refractivity contribution in [1.29, 1.82) is 0 Å². The number of amides is 1. The van der Waals surface area contributed by atoms with Crippen LogP contribution < -0.4 is 5.32 Å². The number of hydrogen-bond donors (Lipinski definition) is 1. The predicted octanol–water partition coefficient (Wildman–Crippen LogP) is 4.51. The van der Waals surface area contributed by atoms with Crippen LogP contribution in [-0.4, -0.2) is 26.4 Å². The summed E-state index contributed by atoms with van der Waals surface area (Å²) in [6.07, 6.45) is 0. The van der Waals surface area contributed by atoms with Crippen LogP contribution in [0.25, 0.3) is 5.69 Å². The molecule has 1 amide bonds. The fourth-order valence-electron chi connectivity index (χ4n) is 2.85. The van der Waals surface area contributed by atoms with E-state index in [1.54, 1.807) is 0 Å². The number of nitrogens with zero attached hydrogens (tertiary/aromatic N) is 3. The molecule has 3 aromatic rings. The molecule has 0 saturated carbocycles. The fraction of sp³-hybridized carbons (Fsp3) is 0.250. The number of aryl methyl sites for hydroxylation is 2. The quantitative estimate of drug-likeness (QED) is 0.618. The van der Waals surface area contributed by atoms with E-state index >= 15 is 0 Å². The van der Waals surface area contributed by atoms with E-state index in [1.807, 2.05) is 73.9 Å². The molecule has 1 unspecified atom stereocenters. The summed E-state index contributed by atoms with van der Waals surface area (Å²) in [6, 6.07) is 15.4. The van der Waals surface area contributed by atoms with E-state index in [9.17, 15) is 4.79 Å². The number of nitrogens with one attached hydrogen (secondary N) is 1. The molecule has 1 heterocycles. The number of halogens is 1. The van der Waals surface area contributed by atoms with Gasteiger partial charge in [0.15, 0.2) is 5.16 Å². The largest absolute Gasteiger partial charge is 0.349 e. The third-order valence-corrected chi connectivity index (χ3v) is 5.51. The Hall–Kier alpha value is -2.31. The average molecular weight is 401 g/mol. The van der Waals surface area contributed by atoms with E-state index < -0.39 is 0 Å². The van der Waals surface area contributed by atoms with Crippen molar-refractivity contribution in [2.24, 2.45) is 0 Å². The number of carbonyl (C=O) groups is 1. The summed E-state index contributed by atoms with van der Waals surface area (Å²) in [7, 11) is 0. The van der Waals surface area contributed by atoms with Gasteiger partial charge in [-0.2, -0.15) is 0 Å². The van der Waals surface area contributed by atoms with Gasteiger partial charge in [-0.15, -0.1) is 10.2 Å². The van der Waals surface area contributed by atoms with Crippen molar-refractivity contribution in [3.05, 3.63) is 70.5 Å². The van der Waals surface area contributed by atoms with Crippen molar-refractivity contribution in [1.82, 2.24) is 20.1 Å². The molecule has 0 spiro atoms. The lowest BCUT2D eigenvalue weighted by atomic mass is 10.1. The monoisotopic (exact) mass is 400 g/mol. The molecule has 7 heteroatoms. The first-order valence-electron chi connectivity index (χ1n) is 8.62. The lowest BCUT2D eigenvalue weighted by Gasteiger charge is -2.16. The molecule has 0 aliphatic heterocycles. The molecular formula is C20H21ClN4OS. The van der Waals surface area contributed by atoms with E-state index in [4.69, 9.17) is 11.6 Å². The van der Waals surface area contributed by atoms with Gasteiger partial charge in [0.1, 0.15) is 5.82 Å². The van der Waals surface area contributed by atoms with Gasteiger partial charge in [-0.3, -0.25) is 9.36 Å². The van der Waals surface area contributed by atoms with Crippen LogP contribution in [-0.2, 0) is 4.79 Å². The van der Waals surface area contributed by atoms with Crippen molar-refractivity contribution in [3.8, 4) is 5.69 Å². The molecule has 140 valence electrons. The highest BCUT2D eigenvalue weighted by Gasteiger charge is 2.16. The summed E-state index contributed by atoms with van der Waals surface area (Å²) in [6.45, 7) is 5.87. The highest BCUT2D eigenvalue weighted by Crippen LogP contribution is 2.25. The minimum absolute atomic E-state index is 0.0793. The van der Waals surface area contributed by atoms with Gasteiger partial charge in [0, 0.05) is 5.02 Å². The SMILES string of the molecule is Cc1ccccc1-n1c(C)nnc1SCC(=O)NC(C)c1ccccc1Cl. The van der Waals surface area contributed by atoms with Gasteiger partial charge in [0.05, 0.1) is 17.5 Å². The van der Waals surface area contributed by atoms with E-state index in [2.05, 4.69) is 15.5 Å². The van der Waals surface area contributed by atoms with Gasteiger partial charge in [-0.25, -0.2) is 0 Å². The Labute approximate surface area is 168 Å². The minimum atomic E-state index is -0.164. The molecule has 1 aromatic heterocycles. The molecule has 1 atom stereocenters. The Morgan fingerprint density at radius 1 is 1.15 bits per heavy atom. The predicted molar refractivity (Wildman–Crippen MR) is 110 cm³/mol. The van der Waals surface area contributed by atoms with Crippen LogP contribution >= 0.6 is 23.4 Å². The van der Waals surface area contributed by atoms with Crippen molar-refractivity contribution in [3.63, 3.8) is 0 Å². The topological polar surface area (TPSA) is 59.8 Å². The first-order chi connectivity index (χ1) is 13.0. The Kier molecular flexibility index (Phi) is 6.19. The number of carbonyl (C=O) groups excluding carboxylic acids is 1. The van der Waals surface area contributed by atoms with Crippen LogP contribution in [0, 0.1) is 13.8 Å². The average Bonchev–Trinajstić information content (AvgIpc) is 3.01. The first-order valence-corrected chi connectivity index (χ1v) is 9.98. The maximum atomic E-state index is 12.4. The lowest BCUT2D eigenvalue weighted by Crippen LogP contribution is -2.28. The second-order valence-electron chi connectivity index (χ2n) is 6.25. The highest BCUT2D eigenvalue weighted by molar-refractivity contribution is 7.99. The summed E-state index contributed by atoms with van der Waals surface area (Å²) < 4.78 is 1.98. The van der Waals surface area contributed by atoms with Crippen LogP contribution in [0.1, 0.15) is 29.9 Å². The molecule has 5 nitrogen and oxygen atoms in total. The van der Waals surface area contributed by atoms with E-state index in [1.165, 1.54) is 11.8 Å². The highest BCUT2D eigenvalue weighted by atomic mass is 35.5. The second-order valence-corrected chi connectivity index (χ2v) is 7.60. The molecule has 0 fully saturated rings. The van der Waals surface area contributed by atoms with Crippen molar-refractivity contribution < 1.29 is 4.79 Å². The molecule has 2 aromatic carbocycles. The summed E-state index contributed by atoms with van der Waals surface area (Å²) in [5, 5.41) is 12.7. The van der Waals surface area contributed by atoms with Crippen LogP contribution in [0.4, 0.5) is 0 Å². The zero-order valence-electron chi connectivity index (χ0n) is 15.4. The number of rotatable bonds is 6. The molecule has 0 bridgehead atoms. The molecule has 0 saturated heterocycles. The second kappa shape index (κ2) is 8.59. The summed E-state index contributed by atoms with van der Waals surface area (Å²) in [5.41, 5.74) is 3.04. The Balaban J connectivity index is 1.68. The molecule has 1 N–H and O–H groups in total. The minimum Gasteiger partial charge on any atom is -0.349 e. The zero-order chi connectivity index (χ0) is 19.4. The number of para-hydroxylation sites is 1. The maximum Gasteiger partial charge on any atom is 0.230 e. The normalized spacial score (nSPS) is 12.0. The van der Waals surface area contributed by atoms with Crippen LogP contribution in [0.15, 0.2) is 53.7 Å². The van der Waals surface area contributed by atoms with E-state index in [0.29, 0.717) is 10.2 Å². The number of benzene rings is 2. The van der Waals surface area contributed by atoms with Gasteiger partial charge < -0.3 is 5.32 Å². The third kappa shape index (κ3) is 4.51. The number of aromatic nitrogens is 3. The van der Waals surface area contributed by atoms with Crippen molar-refractivity contribution in [2.75, 3.05) is 5.75 Å². The number of thioether (sulfide) groups is 1. The molecular weight excluding hydrogens is 380 g/mol. The number of hydrogen-bond acceptors (Lipinski definition) is 4. The van der Waals surface area contributed by atoms with E-state index in [0.717, 1.165) is 22.6 Å². The smallest absolute Gasteiger partial charge is 0.230 e. The Morgan fingerprint density at radius 2 is 1.85 bits per heavy atom. The van der Waals surface area contributed by atoms with Gasteiger partial charge >= 0.3 is 0 Å². The molecule has 3 rings (SSSR count). The first kappa shape index (κ1) is 19.5. The summed E-state index contributed by atoms with van der Waals surface area (Å²) in [4.78, 5) is 12.4. The Morgan fingerprint density at radius 3 is 2.59 bits per heavy atom. The lowest BCUT2D eigenvalue weighted by molar-refractivity contribution is -0.119. The molecule has 27 heavy (non-hydrogen) atoms. The van der Waals surface area contributed by atoms with Crippen LogP contribution in [0.2, 0.25) is 5.02 Å². The Bertz CT molecular complexity index is 957. The maximum absolute atomic E-state index is 12.4. The van der Waals surface area contributed by atoms with Gasteiger partial charge in [0.2, 0.25) is 5.91 Å². The molecule has 0 radical (unpaired) electrons. The van der Waals surface area contributed by atoms with Crippen LogP contribution in [0.5, 0.6) is 0 Å². The van der Waals surface area contributed by atoms with Crippen molar-refractivity contribution in [2.45, 2.75) is 32.0 Å². The zero-order valence-corrected chi connectivity index (χ0v) is 17.0. The van der Waals surface area contributed by atoms with Gasteiger partial charge in [0.25, 0.3) is 0 Å². The molecule has 0 aliphatic carbocycles. The van der Waals surface area contributed by atoms with Gasteiger partial charge in [-0.1, -0.05) is 59.8 Å². The molecule has 0 aliphatic rings. The third-order valence-electron chi connectivity index (χ3n) is 4.23. The summed E-state index contributed by atoms with van der Waals surface area (Å²) >= 11 is 7.57. The fourth-order valence-corrected chi connectivity index (χ4v) is 3.95. The van der Waals surface area contributed by atoms with Crippen LogP contribution in [0.3, 0.4) is 0 Å². The van der Waals surface area contributed by atoms with E-state index in [-0.39, 0.29) is 17.7 Å². The van der Waals surface area contributed by atoms with Crippen molar-refractivity contribution >= 4 is 29.3 Å². The standard InChI is InChI=1S/C20H21ClN4OS/c1-13-8-4-7-11-18(13)25-15(3)23-24-20(25)27-12-19(26)22-14(2)16-9-5-6-10-17(16)21/h4-11,14H,12H2,1-3H3,(H,22,26). The summed E-state index contributed by atoms with van der Waals surface area (Å²) in [5.74, 6) is 0.958. The van der Waals surface area contributed by atoms with Gasteiger partial charge in [-0.05, 0) is 44.0 Å².